The topological polar surface area (TPSA) is 63.8 Å². The quantitative estimate of drug-likeness (QED) is 0.740. The van der Waals surface area contributed by atoms with Crippen molar-refractivity contribution in [3.8, 4) is 0 Å². The first-order valence-electron chi connectivity index (χ1n) is 4.09. The molecule has 1 aliphatic rings. The molecule has 1 aromatic rings. The second kappa shape index (κ2) is 2.90. The molecule has 2 unspecified atom stereocenters. The van der Waals surface area contributed by atoms with Crippen molar-refractivity contribution in [2.45, 2.75) is 13.3 Å². The molecule has 0 aliphatic heterocycles. The van der Waals surface area contributed by atoms with E-state index in [2.05, 4.69) is 21.6 Å². The number of nitrogens with zero attached hydrogens (tertiary/aromatic N) is 2. The number of rotatable bonds is 3. The number of hydrogen-bond acceptors (Lipinski definition) is 5. The van der Waals surface area contributed by atoms with E-state index in [1.54, 1.807) is 0 Å². The van der Waals surface area contributed by atoms with Gasteiger partial charge in [0.25, 0.3) is 0 Å². The van der Waals surface area contributed by atoms with Crippen LogP contribution in [0.2, 0.25) is 0 Å². The molecule has 2 atom stereocenters. The highest BCUT2D eigenvalue weighted by molar-refractivity contribution is 7.09. The van der Waals surface area contributed by atoms with Gasteiger partial charge in [-0.15, -0.1) is 0 Å². The summed E-state index contributed by atoms with van der Waals surface area (Å²) in [5.74, 6) is 2.07. The minimum absolute atomic E-state index is 0.367. The lowest BCUT2D eigenvalue weighted by molar-refractivity contribution is 0.786. The van der Waals surface area contributed by atoms with Gasteiger partial charge in [-0.25, -0.2) is 0 Å². The van der Waals surface area contributed by atoms with Gasteiger partial charge in [0.15, 0.2) is 0 Å². The number of aromatic nitrogens is 2. The normalized spacial score (nSPS) is 27.1. The first-order valence-corrected chi connectivity index (χ1v) is 4.86. The Balaban J connectivity index is 1.80. The fourth-order valence-corrected chi connectivity index (χ4v) is 1.71. The standard InChI is InChI=1S/C7H12N4S/c1-4-2-5(4)3-9-7-10-6(8)11-12-7/h4-5H,2-3H2,1H3,(H3,8,9,10,11). The summed E-state index contributed by atoms with van der Waals surface area (Å²) in [7, 11) is 0. The van der Waals surface area contributed by atoms with Crippen molar-refractivity contribution >= 4 is 22.6 Å². The summed E-state index contributed by atoms with van der Waals surface area (Å²) in [6, 6.07) is 0. The van der Waals surface area contributed by atoms with Gasteiger partial charge >= 0.3 is 0 Å². The van der Waals surface area contributed by atoms with Crippen LogP contribution in [0.4, 0.5) is 11.1 Å². The number of nitrogens with one attached hydrogen (secondary N) is 1. The molecule has 1 aromatic heterocycles. The van der Waals surface area contributed by atoms with Crippen LogP contribution in [0.1, 0.15) is 13.3 Å². The molecule has 1 saturated carbocycles. The molecule has 12 heavy (non-hydrogen) atoms. The third-order valence-corrected chi connectivity index (χ3v) is 2.92. The predicted molar refractivity (Wildman–Crippen MR) is 50.1 cm³/mol. The van der Waals surface area contributed by atoms with Crippen LogP contribution < -0.4 is 11.1 Å². The first kappa shape index (κ1) is 7.79. The number of nitrogens with two attached hydrogens (primary N) is 1. The highest BCUT2D eigenvalue weighted by Gasteiger charge is 2.32. The highest BCUT2D eigenvalue weighted by Crippen LogP contribution is 2.37. The van der Waals surface area contributed by atoms with Crippen LogP contribution in [0.15, 0.2) is 0 Å². The van der Waals surface area contributed by atoms with Gasteiger partial charge in [-0.3, -0.25) is 0 Å². The molecule has 1 heterocycles. The predicted octanol–water partition coefficient (Wildman–Crippen LogP) is 1.19. The molecular formula is C7H12N4S. The van der Waals surface area contributed by atoms with E-state index in [9.17, 15) is 0 Å². The van der Waals surface area contributed by atoms with Gasteiger partial charge < -0.3 is 11.1 Å². The minimum atomic E-state index is 0.367. The first-order chi connectivity index (χ1) is 5.75. The molecule has 1 fully saturated rings. The molecular weight excluding hydrogens is 172 g/mol. The molecule has 0 spiro atoms. The van der Waals surface area contributed by atoms with Crippen LogP contribution in [0.25, 0.3) is 0 Å². The maximum absolute atomic E-state index is 5.38. The van der Waals surface area contributed by atoms with Gasteiger partial charge in [-0.2, -0.15) is 9.36 Å². The summed E-state index contributed by atoms with van der Waals surface area (Å²) in [6.45, 7) is 3.27. The molecule has 0 aromatic carbocycles. The third-order valence-electron chi connectivity index (χ3n) is 2.23. The molecule has 4 nitrogen and oxygen atoms in total. The number of anilines is 2. The number of hydrogen-bond donors (Lipinski definition) is 2. The third kappa shape index (κ3) is 1.66. The molecule has 1 aliphatic carbocycles. The maximum Gasteiger partial charge on any atom is 0.233 e. The van der Waals surface area contributed by atoms with Crippen LogP contribution in [0.3, 0.4) is 0 Å². The van der Waals surface area contributed by atoms with Crippen molar-refractivity contribution in [3.05, 3.63) is 0 Å². The van der Waals surface area contributed by atoms with E-state index in [4.69, 9.17) is 5.73 Å². The highest BCUT2D eigenvalue weighted by atomic mass is 32.1. The molecule has 3 N–H and O–H groups in total. The lowest BCUT2D eigenvalue weighted by Gasteiger charge is -1.97. The van der Waals surface area contributed by atoms with E-state index in [1.807, 2.05) is 0 Å². The Kier molecular flexibility index (Phi) is 1.88. The monoisotopic (exact) mass is 184 g/mol. The van der Waals surface area contributed by atoms with Crippen LogP contribution in [0.5, 0.6) is 0 Å². The van der Waals surface area contributed by atoms with Gasteiger partial charge in [0.2, 0.25) is 11.1 Å². The molecule has 2 rings (SSSR count). The molecule has 5 heteroatoms. The van der Waals surface area contributed by atoms with Gasteiger partial charge in [0.1, 0.15) is 0 Å². The van der Waals surface area contributed by atoms with Crippen molar-refractivity contribution in [3.63, 3.8) is 0 Å². The lowest BCUT2D eigenvalue weighted by atomic mass is 10.3. The second-order valence-electron chi connectivity index (χ2n) is 3.31. The van der Waals surface area contributed by atoms with E-state index in [0.29, 0.717) is 5.95 Å². The van der Waals surface area contributed by atoms with Crippen LogP contribution >= 0.6 is 11.5 Å². The molecule has 0 saturated heterocycles. The Bertz CT molecular complexity index is 272. The van der Waals surface area contributed by atoms with Crippen molar-refractivity contribution in [2.24, 2.45) is 11.8 Å². The summed E-state index contributed by atoms with van der Waals surface area (Å²) < 4.78 is 3.88. The smallest absolute Gasteiger partial charge is 0.233 e. The van der Waals surface area contributed by atoms with Gasteiger partial charge in [0, 0.05) is 18.1 Å². The zero-order valence-electron chi connectivity index (χ0n) is 6.95. The van der Waals surface area contributed by atoms with Crippen LogP contribution in [-0.4, -0.2) is 15.9 Å². The van der Waals surface area contributed by atoms with Crippen molar-refractivity contribution in [1.82, 2.24) is 9.36 Å². The Hall–Kier alpha value is -0.840. The van der Waals surface area contributed by atoms with Gasteiger partial charge in [-0.1, -0.05) is 6.92 Å². The summed E-state index contributed by atoms with van der Waals surface area (Å²) in [5, 5.41) is 4.06. The fourth-order valence-electron chi connectivity index (χ4n) is 1.21. The Morgan fingerprint density at radius 2 is 2.50 bits per heavy atom. The Labute approximate surface area is 75.4 Å². The fraction of sp³-hybridized carbons (Fsp3) is 0.714. The van der Waals surface area contributed by atoms with E-state index in [-0.39, 0.29) is 0 Å². The average molecular weight is 184 g/mol. The number of nitrogen functional groups attached to an aromatic ring is 1. The molecule has 0 amide bonds. The largest absolute Gasteiger partial charge is 0.367 e. The lowest BCUT2D eigenvalue weighted by Crippen LogP contribution is -2.03. The molecule has 0 bridgehead atoms. The summed E-state index contributed by atoms with van der Waals surface area (Å²) in [5.41, 5.74) is 5.38. The average Bonchev–Trinajstić information content (AvgIpc) is 2.56. The SMILES string of the molecule is CC1CC1CNc1nc(N)ns1. The van der Waals surface area contributed by atoms with Crippen LogP contribution in [-0.2, 0) is 0 Å². The summed E-state index contributed by atoms with van der Waals surface area (Å²) in [6.07, 6.45) is 1.33. The molecule has 0 radical (unpaired) electrons. The van der Waals surface area contributed by atoms with Crippen molar-refractivity contribution in [2.75, 3.05) is 17.6 Å². The van der Waals surface area contributed by atoms with E-state index in [1.165, 1.54) is 18.0 Å². The molecule has 66 valence electrons. The van der Waals surface area contributed by atoms with Gasteiger partial charge in [-0.05, 0) is 18.3 Å². The Morgan fingerprint density at radius 3 is 3.00 bits per heavy atom. The second-order valence-corrected chi connectivity index (χ2v) is 4.06. The summed E-state index contributed by atoms with van der Waals surface area (Å²) >= 11 is 1.32. The van der Waals surface area contributed by atoms with E-state index in [0.717, 1.165) is 23.5 Å². The van der Waals surface area contributed by atoms with Gasteiger partial charge in [0.05, 0.1) is 0 Å². The van der Waals surface area contributed by atoms with Crippen LogP contribution in [0, 0.1) is 11.8 Å². The minimum Gasteiger partial charge on any atom is -0.367 e. The zero-order chi connectivity index (χ0) is 8.55. The van der Waals surface area contributed by atoms with E-state index >= 15 is 0 Å². The zero-order valence-corrected chi connectivity index (χ0v) is 7.77. The Morgan fingerprint density at radius 1 is 1.75 bits per heavy atom. The maximum atomic E-state index is 5.38. The van der Waals surface area contributed by atoms with E-state index < -0.39 is 0 Å². The van der Waals surface area contributed by atoms with Crippen molar-refractivity contribution < 1.29 is 0 Å². The van der Waals surface area contributed by atoms with Crippen molar-refractivity contribution in [1.29, 1.82) is 0 Å². The summed E-state index contributed by atoms with van der Waals surface area (Å²) in [4.78, 5) is 4.01.